The van der Waals surface area contributed by atoms with E-state index in [2.05, 4.69) is 79.5 Å². The summed E-state index contributed by atoms with van der Waals surface area (Å²) in [5, 5.41) is 12.2. The van der Waals surface area contributed by atoms with Crippen molar-refractivity contribution >= 4 is 0 Å². The molecule has 0 spiro atoms. The highest BCUT2D eigenvalue weighted by molar-refractivity contribution is 5.82. The van der Waals surface area contributed by atoms with Crippen molar-refractivity contribution < 1.29 is 0 Å². The smallest absolute Gasteiger partial charge is 0.104 e. The van der Waals surface area contributed by atoms with Crippen LogP contribution in [0, 0.1) is 27.7 Å². The molecule has 0 unspecified atom stereocenters. The molecule has 0 bridgehead atoms. The first-order valence-corrected chi connectivity index (χ1v) is 7.40. The van der Waals surface area contributed by atoms with E-state index < -0.39 is 0 Å². The Hall–Kier alpha value is -2.55. The van der Waals surface area contributed by atoms with Gasteiger partial charge < -0.3 is 0 Å². The molecule has 0 radical (unpaired) electrons. The molecule has 2 aromatic carbocycles. The fourth-order valence-electron chi connectivity index (χ4n) is 2.86. The number of aromatic nitrogens is 3. The Morgan fingerprint density at radius 1 is 0.682 bits per heavy atom. The minimum absolute atomic E-state index is 0.888. The number of hydrogen-bond donors (Lipinski definition) is 0. The van der Waals surface area contributed by atoms with Crippen LogP contribution < -0.4 is 0 Å². The Morgan fingerprint density at radius 2 is 1.27 bits per heavy atom. The number of benzene rings is 2. The SMILES string of the molecule is Cc1ccc(-c2cnnnc2-c2ccc(C)cc2C)c(C)c1. The van der Waals surface area contributed by atoms with Crippen molar-refractivity contribution in [3.63, 3.8) is 0 Å². The first kappa shape index (κ1) is 14.4. The summed E-state index contributed by atoms with van der Waals surface area (Å²) in [6.45, 7) is 8.43. The Morgan fingerprint density at radius 3 is 1.86 bits per heavy atom. The lowest BCUT2D eigenvalue weighted by molar-refractivity contribution is 0.872. The van der Waals surface area contributed by atoms with Gasteiger partial charge in [-0.1, -0.05) is 47.5 Å². The normalized spacial score (nSPS) is 10.7. The lowest BCUT2D eigenvalue weighted by Crippen LogP contribution is -1.98. The molecule has 1 heterocycles. The third kappa shape index (κ3) is 2.62. The third-order valence-electron chi connectivity index (χ3n) is 3.95. The van der Waals surface area contributed by atoms with Crippen LogP contribution in [0.2, 0.25) is 0 Å². The molecule has 1 aromatic heterocycles. The average molecular weight is 289 g/mol. The molecule has 0 N–H and O–H groups in total. The molecule has 0 aliphatic heterocycles. The molecule has 0 saturated carbocycles. The van der Waals surface area contributed by atoms with E-state index in [1.54, 1.807) is 6.20 Å². The Labute approximate surface area is 131 Å². The summed E-state index contributed by atoms with van der Waals surface area (Å²) >= 11 is 0. The van der Waals surface area contributed by atoms with Gasteiger partial charge in [0.15, 0.2) is 0 Å². The Bertz CT molecular complexity index is 767. The van der Waals surface area contributed by atoms with Crippen LogP contribution >= 0.6 is 0 Å². The molecule has 0 aliphatic carbocycles. The molecule has 0 saturated heterocycles. The van der Waals surface area contributed by atoms with Gasteiger partial charge in [-0.2, -0.15) is 0 Å². The Balaban J connectivity index is 2.22. The molecule has 3 nitrogen and oxygen atoms in total. The Kier molecular flexibility index (Phi) is 3.72. The van der Waals surface area contributed by atoms with E-state index in [0.717, 1.165) is 22.4 Å². The molecule has 0 atom stereocenters. The van der Waals surface area contributed by atoms with Gasteiger partial charge in [0.2, 0.25) is 0 Å². The fourth-order valence-corrected chi connectivity index (χ4v) is 2.86. The van der Waals surface area contributed by atoms with Crippen molar-refractivity contribution in [2.24, 2.45) is 0 Å². The van der Waals surface area contributed by atoms with E-state index in [9.17, 15) is 0 Å². The lowest BCUT2D eigenvalue weighted by atomic mass is 9.94. The van der Waals surface area contributed by atoms with Gasteiger partial charge >= 0.3 is 0 Å². The van der Waals surface area contributed by atoms with E-state index in [1.807, 2.05) is 0 Å². The van der Waals surface area contributed by atoms with E-state index in [1.165, 1.54) is 22.3 Å². The van der Waals surface area contributed by atoms with E-state index in [-0.39, 0.29) is 0 Å². The summed E-state index contributed by atoms with van der Waals surface area (Å²) in [6.07, 6.45) is 1.80. The topological polar surface area (TPSA) is 38.7 Å². The summed E-state index contributed by atoms with van der Waals surface area (Å²) in [5.74, 6) is 0. The first-order chi connectivity index (χ1) is 10.6. The summed E-state index contributed by atoms with van der Waals surface area (Å²) in [6, 6.07) is 12.8. The predicted octanol–water partition coefficient (Wildman–Crippen LogP) is 4.44. The second kappa shape index (κ2) is 5.68. The van der Waals surface area contributed by atoms with Crippen LogP contribution in [0.3, 0.4) is 0 Å². The molecule has 3 aromatic rings. The zero-order valence-electron chi connectivity index (χ0n) is 13.4. The van der Waals surface area contributed by atoms with Crippen LogP contribution in [0.4, 0.5) is 0 Å². The van der Waals surface area contributed by atoms with Gasteiger partial charge in [0.05, 0.1) is 6.20 Å². The highest BCUT2D eigenvalue weighted by Gasteiger charge is 2.14. The number of aryl methyl sites for hydroxylation is 4. The van der Waals surface area contributed by atoms with Gasteiger partial charge in [-0.25, -0.2) is 0 Å². The van der Waals surface area contributed by atoms with E-state index in [0.29, 0.717) is 0 Å². The number of nitrogens with zero attached hydrogens (tertiary/aromatic N) is 3. The second-order valence-corrected chi connectivity index (χ2v) is 5.83. The van der Waals surface area contributed by atoms with Gasteiger partial charge in [-0.05, 0) is 49.6 Å². The summed E-state index contributed by atoms with van der Waals surface area (Å²) in [5.41, 5.74) is 9.10. The third-order valence-corrected chi connectivity index (χ3v) is 3.95. The molecule has 22 heavy (non-hydrogen) atoms. The monoisotopic (exact) mass is 289 g/mol. The van der Waals surface area contributed by atoms with Crippen molar-refractivity contribution in [3.8, 4) is 22.4 Å². The fraction of sp³-hybridized carbons (Fsp3) is 0.211. The van der Waals surface area contributed by atoms with Crippen LogP contribution in [0.25, 0.3) is 22.4 Å². The first-order valence-electron chi connectivity index (χ1n) is 7.40. The zero-order valence-corrected chi connectivity index (χ0v) is 13.4. The molecular formula is C19H19N3. The van der Waals surface area contributed by atoms with Crippen molar-refractivity contribution in [1.82, 2.24) is 15.4 Å². The van der Waals surface area contributed by atoms with Gasteiger partial charge in [0, 0.05) is 11.1 Å². The molecular weight excluding hydrogens is 270 g/mol. The van der Waals surface area contributed by atoms with E-state index >= 15 is 0 Å². The van der Waals surface area contributed by atoms with Gasteiger partial charge in [0.25, 0.3) is 0 Å². The summed E-state index contributed by atoms with van der Waals surface area (Å²) < 4.78 is 0. The van der Waals surface area contributed by atoms with Gasteiger partial charge in [0.1, 0.15) is 5.69 Å². The number of hydrogen-bond acceptors (Lipinski definition) is 3. The molecule has 0 fully saturated rings. The van der Waals surface area contributed by atoms with Crippen molar-refractivity contribution in [1.29, 1.82) is 0 Å². The van der Waals surface area contributed by atoms with Gasteiger partial charge in [-0.15, -0.1) is 10.2 Å². The maximum Gasteiger partial charge on any atom is 0.104 e. The lowest BCUT2D eigenvalue weighted by Gasteiger charge is -2.12. The average Bonchev–Trinajstić information content (AvgIpc) is 2.48. The maximum atomic E-state index is 4.32. The molecule has 0 aliphatic rings. The zero-order chi connectivity index (χ0) is 15.7. The molecule has 110 valence electrons. The standard InChI is InChI=1S/C19H19N3/c1-12-5-7-16(14(3)9-12)18-11-20-22-21-19(18)17-8-6-13(2)10-15(17)4/h5-11H,1-4H3. The van der Waals surface area contributed by atoms with Gasteiger partial charge in [-0.3, -0.25) is 0 Å². The quantitative estimate of drug-likeness (QED) is 0.700. The minimum atomic E-state index is 0.888. The minimum Gasteiger partial charge on any atom is -0.138 e. The predicted molar refractivity (Wildman–Crippen MR) is 89.6 cm³/mol. The molecule has 3 heteroatoms. The summed E-state index contributed by atoms with van der Waals surface area (Å²) in [7, 11) is 0. The highest BCUT2D eigenvalue weighted by Crippen LogP contribution is 2.33. The van der Waals surface area contributed by atoms with Crippen LogP contribution in [0.5, 0.6) is 0 Å². The highest BCUT2D eigenvalue weighted by atomic mass is 15.3. The van der Waals surface area contributed by atoms with E-state index in [4.69, 9.17) is 0 Å². The largest absolute Gasteiger partial charge is 0.138 e. The van der Waals surface area contributed by atoms with Crippen LogP contribution in [0.15, 0.2) is 42.6 Å². The van der Waals surface area contributed by atoms with Crippen molar-refractivity contribution in [3.05, 3.63) is 64.8 Å². The number of rotatable bonds is 2. The molecule has 0 amide bonds. The summed E-state index contributed by atoms with van der Waals surface area (Å²) in [4.78, 5) is 0. The van der Waals surface area contributed by atoms with Crippen LogP contribution in [-0.2, 0) is 0 Å². The van der Waals surface area contributed by atoms with Crippen molar-refractivity contribution in [2.45, 2.75) is 27.7 Å². The maximum absolute atomic E-state index is 4.32. The molecule has 3 rings (SSSR count). The van der Waals surface area contributed by atoms with Crippen LogP contribution in [-0.4, -0.2) is 15.4 Å². The van der Waals surface area contributed by atoms with Crippen molar-refractivity contribution in [2.75, 3.05) is 0 Å². The van der Waals surface area contributed by atoms with Crippen LogP contribution in [0.1, 0.15) is 22.3 Å². The second-order valence-electron chi connectivity index (χ2n) is 5.83.